The summed E-state index contributed by atoms with van der Waals surface area (Å²) in [5.41, 5.74) is 0.0662. The predicted molar refractivity (Wildman–Crippen MR) is 102 cm³/mol. The molecule has 1 aliphatic heterocycles. The first-order valence-corrected chi connectivity index (χ1v) is 10.6. The Bertz CT molecular complexity index is 1060. The minimum atomic E-state index is -4.56. The second kappa shape index (κ2) is 6.83. The van der Waals surface area contributed by atoms with Crippen LogP contribution in [0, 0.1) is 5.92 Å². The van der Waals surface area contributed by atoms with Crippen LogP contribution < -0.4 is 0 Å². The van der Waals surface area contributed by atoms with Crippen LogP contribution in [0.5, 0.6) is 0 Å². The van der Waals surface area contributed by atoms with Gasteiger partial charge in [0.05, 0.1) is 22.3 Å². The van der Waals surface area contributed by atoms with Crippen molar-refractivity contribution in [2.24, 2.45) is 5.92 Å². The van der Waals surface area contributed by atoms with E-state index in [0.717, 1.165) is 36.3 Å². The summed E-state index contributed by atoms with van der Waals surface area (Å²) in [6.07, 6.45) is -0.216. The largest absolute Gasteiger partial charge is 0.433 e. The molecule has 1 unspecified atom stereocenters. The van der Waals surface area contributed by atoms with Crippen molar-refractivity contribution in [2.45, 2.75) is 44.3 Å². The van der Waals surface area contributed by atoms with Crippen molar-refractivity contribution >= 4 is 22.9 Å². The lowest BCUT2D eigenvalue weighted by atomic mass is 9.99. The molecule has 2 fully saturated rings. The van der Waals surface area contributed by atoms with Gasteiger partial charge in [0, 0.05) is 18.5 Å². The van der Waals surface area contributed by atoms with Gasteiger partial charge in [-0.2, -0.15) is 18.3 Å². The van der Waals surface area contributed by atoms with E-state index < -0.39 is 11.9 Å². The van der Waals surface area contributed by atoms with Gasteiger partial charge in [0.2, 0.25) is 5.91 Å². The molecule has 0 bridgehead atoms. The maximum absolute atomic E-state index is 13.8. The molecule has 1 aliphatic carbocycles. The molecule has 0 spiro atoms. The Kier molecular flexibility index (Phi) is 4.38. The molecule has 0 aromatic carbocycles. The minimum absolute atomic E-state index is 0.0712. The van der Waals surface area contributed by atoms with E-state index in [2.05, 4.69) is 10.1 Å². The van der Waals surface area contributed by atoms with Crippen molar-refractivity contribution in [3.05, 3.63) is 41.0 Å². The third-order valence-electron chi connectivity index (χ3n) is 5.56. The van der Waals surface area contributed by atoms with Crippen LogP contribution in [0.15, 0.2) is 29.6 Å². The highest BCUT2D eigenvalue weighted by Gasteiger charge is 2.40. The Hall–Kier alpha value is -2.42. The number of carbonyl (C=O) groups is 1. The molecule has 5 nitrogen and oxygen atoms in total. The van der Waals surface area contributed by atoms with E-state index in [1.165, 1.54) is 11.3 Å². The van der Waals surface area contributed by atoms with Gasteiger partial charge in [0.1, 0.15) is 0 Å². The van der Waals surface area contributed by atoms with Gasteiger partial charge in [-0.25, -0.2) is 9.50 Å². The maximum atomic E-state index is 13.8. The number of fused-ring (bicyclic) bond motifs is 1. The van der Waals surface area contributed by atoms with Crippen molar-refractivity contribution < 1.29 is 18.0 Å². The standard InChI is InChI=1S/C20H19F3N4OS/c21-20(22,23)17-10-14(16-5-3-9-29-16)24-18-11-13(25-27(17)18)15-4-1-2-8-26(15)19(28)12-6-7-12/h3,5,9-12,15H,1-2,4,6-8H2. The Labute approximate surface area is 169 Å². The van der Waals surface area contributed by atoms with Crippen LogP contribution >= 0.6 is 11.3 Å². The lowest BCUT2D eigenvalue weighted by Gasteiger charge is -2.35. The number of alkyl halides is 3. The summed E-state index contributed by atoms with van der Waals surface area (Å²) >= 11 is 1.34. The van der Waals surface area contributed by atoms with Crippen molar-refractivity contribution in [1.29, 1.82) is 0 Å². The van der Waals surface area contributed by atoms with Crippen LogP contribution in [-0.4, -0.2) is 31.9 Å². The minimum Gasteiger partial charge on any atom is -0.334 e. The summed E-state index contributed by atoms with van der Waals surface area (Å²) in [5.74, 6) is 0.178. The zero-order chi connectivity index (χ0) is 20.2. The van der Waals surface area contributed by atoms with Crippen LogP contribution in [0.25, 0.3) is 16.2 Å². The number of halogens is 3. The van der Waals surface area contributed by atoms with E-state index in [1.54, 1.807) is 23.6 Å². The molecule has 29 heavy (non-hydrogen) atoms. The summed E-state index contributed by atoms with van der Waals surface area (Å²) in [4.78, 5) is 19.6. The number of hydrogen-bond acceptors (Lipinski definition) is 4. The summed E-state index contributed by atoms with van der Waals surface area (Å²) in [6.45, 7) is 0.633. The second-order valence-electron chi connectivity index (χ2n) is 7.66. The molecule has 0 radical (unpaired) electrons. The smallest absolute Gasteiger partial charge is 0.334 e. The third kappa shape index (κ3) is 3.41. The predicted octanol–water partition coefficient (Wildman–Crippen LogP) is 4.94. The van der Waals surface area contributed by atoms with Gasteiger partial charge in [-0.05, 0) is 49.6 Å². The first kappa shape index (κ1) is 18.6. The number of thiophene rings is 1. The van der Waals surface area contributed by atoms with E-state index in [4.69, 9.17) is 0 Å². The van der Waals surface area contributed by atoms with Crippen molar-refractivity contribution in [2.75, 3.05) is 6.54 Å². The van der Waals surface area contributed by atoms with E-state index in [0.29, 0.717) is 23.5 Å². The van der Waals surface area contributed by atoms with E-state index >= 15 is 0 Å². The van der Waals surface area contributed by atoms with E-state index in [9.17, 15) is 18.0 Å². The van der Waals surface area contributed by atoms with E-state index in [-0.39, 0.29) is 29.2 Å². The summed E-state index contributed by atoms with van der Waals surface area (Å²) in [5, 5.41) is 6.09. The highest BCUT2D eigenvalue weighted by Crippen LogP contribution is 2.39. The van der Waals surface area contributed by atoms with Gasteiger partial charge >= 0.3 is 6.18 Å². The highest BCUT2D eigenvalue weighted by atomic mass is 32.1. The summed E-state index contributed by atoms with van der Waals surface area (Å²) in [6, 6.07) is 5.89. The van der Waals surface area contributed by atoms with Crippen LogP contribution in [0.1, 0.15) is 49.5 Å². The molecule has 5 rings (SSSR count). The SMILES string of the molecule is O=C(C1CC1)N1CCCCC1c1cc2nc(-c3cccs3)cc(C(F)(F)F)n2n1. The number of carbonyl (C=O) groups excluding carboxylic acids is 1. The number of piperidine rings is 1. The number of hydrogen-bond donors (Lipinski definition) is 0. The molecule has 1 atom stereocenters. The molecule has 4 heterocycles. The van der Waals surface area contributed by atoms with Crippen molar-refractivity contribution in [3.63, 3.8) is 0 Å². The zero-order valence-electron chi connectivity index (χ0n) is 15.5. The van der Waals surface area contributed by atoms with Gasteiger partial charge in [0.15, 0.2) is 11.3 Å². The molecule has 2 aliphatic rings. The van der Waals surface area contributed by atoms with Crippen molar-refractivity contribution in [1.82, 2.24) is 19.5 Å². The molecule has 152 valence electrons. The fourth-order valence-electron chi connectivity index (χ4n) is 3.98. The Morgan fingerprint density at radius 3 is 2.69 bits per heavy atom. The fourth-order valence-corrected chi connectivity index (χ4v) is 4.66. The molecular formula is C20H19F3N4OS. The average molecular weight is 420 g/mol. The quantitative estimate of drug-likeness (QED) is 0.603. The average Bonchev–Trinajstić information content (AvgIpc) is 3.23. The van der Waals surface area contributed by atoms with Gasteiger partial charge in [-0.15, -0.1) is 11.3 Å². The number of amides is 1. The zero-order valence-corrected chi connectivity index (χ0v) is 16.3. The van der Waals surface area contributed by atoms with Gasteiger partial charge in [0.25, 0.3) is 0 Å². The summed E-state index contributed by atoms with van der Waals surface area (Å²) in [7, 11) is 0. The first-order valence-electron chi connectivity index (χ1n) is 9.74. The van der Waals surface area contributed by atoms with Gasteiger partial charge in [-0.1, -0.05) is 6.07 Å². The molecule has 1 saturated carbocycles. The summed E-state index contributed by atoms with van der Waals surface area (Å²) < 4.78 is 42.2. The number of nitrogens with zero attached hydrogens (tertiary/aromatic N) is 4. The first-order chi connectivity index (χ1) is 13.9. The van der Waals surface area contributed by atoms with Crippen LogP contribution in [0.4, 0.5) is 13.2 Å². The number of likely N-dealkylation sites (tertiary alicyclic amines) is 1. The lowest BCUT2D eigenvalue weighted by molar-refractivity contribution is -0.143. The maximum Gasteiger partial charge on any atom is 0.433 e. The fraction of sp³-hybridized carbons (Fsp3) is 0.450. The Balaban J connectivity index is 1.61. The molecule has 0 N–H and O–H groups in total. The molecule has 3 aromatic rings. The van der Waals surface area contributed by atoms with Gasteiger partial charge < -0.3 is 4.90 Å². The number of rotatable bonds is 3. The van der Waals surface area contributed by atoms with Crippen LogP contribution in [-0.2, 0) is 11.0 Å². The Morgan fingerprint density at radius 1 is 1.17 bits per heavy atom. The molecular weight excluding hydrogens is 401 g/mol. The highest BCUT2D eigenvalue weighted by molar-refractivity contribution is 7.13. The third-order valence-corrected chi connectivity index (χ3v) is 6.46. The number of aromatic nitrogens is 3. The van der Waals surface area contributed by atoms with E-state index in [1.807, 2.05) is 4.90 Å². The lowest BCUT2D eigenvalue weighted by Crippen LogP contribution is -2.39. The van der Waals surface area contributed by atoms with Crippen LogP contribution in [0.3, 0.4) is 0 Å². The molecule has 1 saturated heterocycles. The van der Waals surface area contributed by atoms with Crippen LogP contribution in [0.2, 0.25) is 0 Å². The molecule has 9 heteroatoms. The van der Waals surface area contributed by atoms with Crippen molar-refractivity contribution in [3.8, 4) is 10.6 Å². The topological polar surface area (TPSA) is 50.5 Å². The van der Waals surface area contributed by atoms with Gasteiger partial charge in [-0.3, -0.25) is 4.79 Å². The Morgan fingerprint density at radius 2 is 2.00 bits per heavy atom. The second-order valence-corrected chi connectivity index (χ2v) is 8.61. The molecule has 1 amide bonds. The molecule has 3 aromatic heterocycles. The monoisotopic (exact) mass is 420 g/mol. The normalized spacial score (nSPS) is 20.4.